The SMILES string of the molecule is CN(C)C(=N)N(C)C.CO[SiH2]OC. The Labute approximate surface area is 83.2 Å². The molecule has 0 fully saturated rings. The molecule has 0 bridgehead atoms. The smallest absolute Gasteiger partial charge is 0.303 e. The van der Waals surface area contributed by atoms with Gasteiger partial charge in [-0.2, -0.15) is 0 Å². The molecule has 80 valence electrons. The molecule has 0 spiro atoms. The lowest BCUT2D eigenvalue weighted by Gasteiger charge is -2.19. The molecule has 0 aliphatic carbocycles. The van der Waals surface area contributed by atoms with Gasteiger partial charge in [0.25, 0.3) is 0 Å². The summed E-state index contributed by atoms with van der Waals surface area (Å²) >= 11 is 0. The van der Waals surface area contributed by atoms with Crippen molar-refractivity contribution in [1.82, 2.24) is 9.80 Å². The van der Waals surface area contributed by atoms with Crippen LogP contribution < -0.4 is 0 Å². The van der Waals surface area contributed by atoms with Gasteiger partial charge in [0.05, 0.1) is 0 Å². The van der Waals surface area contributed by atoms with Gasteiger partial charge >= 0.3 is 10.0 Å². The van der Waals surface area contributed by atoms with Crippen LogP contribution in [0.3, 0.4) is 0 Å². The van der Waals surface area contributed by atoms with Crippen molar-refractivity contribution >= 4 is 16.0 Å². The van der Waals surface area contributed by atoms with Crippen LogP contribution in [0.15, 0.2) is 0 Å². The molecule has 5 nitrogen and oxygen atoms in total. The van der Waals surface area contributed by atoms with Gasteiger partial charge in [-0.05, 0) is 0 Å². The molecule has 0 saturated heterocycles. The summed E-state index contributed by atoms with van der Waals surface area (Å²) in [5.74, 6) is 0.519. The standard InChI is InChI=1S/C5H13N3.C2H8O2Si/c1-7(2)5(6)8(3)4;1-3-5-4-2/h6H,1-4H3;5H2,1-2H3. The van der Waals surface area contributed by atoms with Gasteiger partial charge in [-0.1, -0.05) is 0 Å². The van der Waals surface area contributed by atoms with E-state index in [1.807, 2.05) is 28.2 Å². The zero-order valence-corrected chi connectivity index (χ0v) is 10.8. The second-order valence-corrected chi connectivity index (χ2v) is 4.20. The maximum Gasteiger partial charge on any atom is 0.303 e. The molecule has 13 heavy (non-hydrogen) atoms. The zero-order valence-electron chi connectivity index (χ0n) is 9.42. The molecule has 0 amide bonds. The lowest BCUT2D eigenvalue weighted by Crippen LogP contribution is -2.34. The van der Waals surface area contributed by atoms with Crippen LogP contribution in [0.25, 0.3) is 0 Å². The molecule has 0 heterocycles. The third-order valence-corrected chi connectivity index (χ3v) is 1.55. The normalized spacial score (nSPS) is 8.46. The van der Waals surface area contributed by atoms with Crippen molar-refractivity contribution in [1.29, 1.82) is 5.41 Å². The fraction of sp³-hybridized carbons (Fsp3) is 0.857. The molecule has 0 atom stereocenters. The predicted molar refractivity (Wildman–Crippen MR) is 57.7 cm³/mol. The van der Waals surface area contributed by atoms with E-state index in [1.54, 1.807) is 24.0 Å². The van der Waals surface area contributed by atoms with Gasteiger partial charge in [0, 0.05) is 42.4 Å². The highest BCUT2D eigenvalue weighted by molar-refractivity contribution is 6.17. The second kappa shape index (κ2) is 9.49. The van der Waals surface area contributed by atoms with E-state index in [9.17, 15) is 0 Å². The van der Waals surface area contributed by atoms with Crippen molar-refractivity contribution in [3.63, 3.8) is 0 Å². The molecule has 0 aromatic rings. The Hall–Kier alpha value is -0.593. The average Bonchev–Trinajstić information content (AvgIpc) is 2.05. The van der Waals surface area contributed by atoms with Crippen LogP contribution in [0.1, 0.15) is 0 Å². The fourth-order valence-corrected chi connectivity index (χ4v) is 0.754. The first-order chi connectivity index (χ1) is 5.97. The molecule has 0 aliphatic rings. The topological polar surface area (TPSA) is 48.8 Å². The summed E-state index contributed by atoms with van der Waals surface area (Å²) in [5.41, 5.74) is 0. The molecule has 0 rings (SSSR count). The Morgan fingerprint density at radius 1 is 1.00 bits per heavy atom. The van der Waals surface area contributed by atoms with Gasteiger partial charge in [0.2, 0.25) is 0 Å². The van der Waals surface area contributed by atoms with E-state index in [4.69, 9.17) is 5.41 Å². The van der Waals surface area contributed by atoms with E-state index in [-0.39, 0.29) is 0 Å². The summed E-state index contributed by atoms with van der Waals surface area (Å²) in [6.07, 6.45) is 0. The van der Waals surface area contributed by atoms with Crippen LogP contribution >= 0.6 is 0 Å². The zero-order chi connectivity index (χ0) is 10.9. The number of nitrogens with zero attached hydrogens (tertiary/aromatic N) is 2. The van der Waals surface area contributed by atoms with Gasteiger partial charge in [-0.25, -0.2) is 0 Å². The first kappa shape index (κ1) is 14.9. The van der Waals surface area contributed by atoms with Crippen molar-refractivity contribution < 1.29 is 8.85 Å². The molecular weight excluding hydrogens is 186 g/mol. The Morgan fingerprint density at radius 3 is 1.31 bits per heavy atom. The van der Waals surface area contributed by atoms with Gasteiger partial charge in [-0.3, -0.25) is 5.41 Å². The van der Waals surface area contributed by atoms with Crippen LogP contribution in [-0.2, 0) is 8.85 Å². The number of nitrogens with one attached hydrogen (secondary N) is 1. The quantitative estimate of drug-likeness (QED) is 0.370. The van der Waals surface area contributed by atoms with E-state index in [0.717, 1.165) is 0 Å². The molecule has 0 radical (unpaired) electrons. The van der Waals surface area contributed by atoms with Gasteiger partial charge < -0.3 is 18.7 Å². The molecular formula is C7H21N3O2Si. The maximum absolute atomic E-state index is 7.25. The Bertz CT molecular complexity index is 119. The summed E-state index contributed by atoms with van der Waals surface area (Å²) in [7, 11) is 10.1. The molecule has 0 aromatic carbocycles. The molecule has 1 N–H and O–H groups in total. The Morgan fingerprint density at radius 2 is 1.31 bits per heavy atom. The molecule has 0 saturated carbocycles. The molecule has 0 aromatic heterocycles. The summed E-state index contributed by atoms with van der Waals surface area (Å²) in [6, 6.07) is 0. The lowest BCUT2D eigenvalue weighted by atomic mass is 10.7. The monoisotopic (exact) mass is 207 g/mol. The molecule has 0 unspecified atom stereocenters. The lowest BCUT2D eigenvalue weighted by molar-refractivity contribution is 0.309. The van der Waals surface area contributed by atoms with E-state index >= 15 is 0 Å². The van der Waals surface area contributed by atoms with Crippen LogP contribution in [0, 0.1) is 5.41 Å². The minimum atomic E-state index is -0.568. The van der Waals surface area contributed by atoms with Crippen molar-refractivity contribution in [3.8, 4) is 0 Å². The minimum absolute atomic E-state index is 0.519. The van der Waals surface area contributed by atoms with Crippen molar-refractivity contribution in [3.05, 3.63) is 0 Å². The maximum atomic E-state index is 7.25. The Balaban J connectivity index is 0. The Kier molecular flexibility index (Phi) is 10.9. The number of hydrogen-bond donors (Lipinski definition) is 1. The van der Waals surface area contributed by atoms with E-state index in [1.165, 1.54) is 0 Å². The number of rotatable bonds is 2. The third kappa shape index (κ3) is 11.4. The fourth-order valence-electron chi connectivity index (χ4n) is 0.518. The highest BCUT2D eigenvalue weighted by Gasteiger charge is 1.97. The summed E-state index contributed by atoms with van der Waals surface area (Å²) < 4.78 is 9.22. The summed E-state index contributed by atoms with van der Waals surface area (Å²) in [6.45, 7) is 0. The molecule has 6 heteroatoms. The van der Waals surface area contributed by atoms with Gasteiger partial charge in [-0.15, -0.1) is 0 Å². The minimum Gasteiger partial charge on any atom is -0.402 e. The predicted octanol–water partition coefficient (Wildman–Crippen LogP) is -0.678. The highest BCUT2D eigenvalue weighted by atomic mass is 28.3. The first-order valence-corrected chi connectivity index (χ1v) is 5.03. The van der Waals surface area contributed by atoms with Crippen molar-refractivity contribution in [2.75, 3.05) is 42.4 Å². The van der Waals surface area contributed by atoms with E-state index < -0.39 is 10.0 Å². The van der Waals surface area contributed by atoms with E-state index in [0.29, 0.717) is 5.96 Å². The van der Waals surface area contributed by atoms with Crippen LogP contribution in [0.4, 0.5) is 0 Å². The third-order valence-electron chi connectivity index (χ3n) is 1.08. The summed E-state index contributed by atoms with van der Waals surface area (Å²) in [4.78, 5) is 3.50. The first-order valence-electron chi connectivity index (χ1n) is 3.88. The van der Waals surface area contributed by atoms with E-state index in [2.05, 4.69) is 8.85 Å². The number of hydrogen-bond acceptors (Lipinski definition) is 3. The largest absolute Gasteiger partial charge is 0.402 e. The van der Waals surface area contributed by atoms with Crippen molar-refractivity contribution in [2.24, 2.45) is 0 Å². The highest BCUT2D eigenvalue weighted by Crippen LogP contribution is 1.80. The van der Waals surface area contributed by atoms with Gasteiger partial charge in [0.15, 0.2) is 5.96 Å². The number of guanidine groups is 1. The van der Waals surface area contributed by atoms with Crippen molar-refractivity contribution in [2.45, 2.75) is 0 Å². The van der Waals surface area contributed by atoms with Crippen LogP contribution in [0.2, 0.25) is 0 Å². The second-order valence-electron chi connectivity index (χ2n) is 2.81. The van der Waals surface area contributed by atoms with Crippen LogP contribution in [-0.4, -0.2) is 68.2 Å². The summed E-state index contributed by atoms with van der Waals surface area (Å²) in [5, 5.41) is 7.25. The average molecular weight is 207 g/mol. The van der Waals surface area contributed by atoms with Crippen LogP contribution in [0.5, 0.6) is 0 Å². The van der Waals surface area contributed by atoms with Gasteiger partial charge in [0.1, 0.15) is 0 Å². The molecule has 0 aliphatic heterocycles.